The number of hydrogen-bond donors (Lipinski definition) is 2. The maximum absolute atomic E-state index is 11.7. The van der Waals surface area contributed by atoms with E-state index in [2.05, 4.69) is 29.5 Å². The molecule has 0 amide bonds. The van der Waals surface area contributed by atoms with Gasteiger partial charge in [0, 0.05) is 36.8 Å². The molecule has 0 atom stereocenters. The predicted octanol–water partition coefficient (Wildman–Crippen LogP) is 3.69. The number of halogens is 1. The lowest BCUT2D eigenvalue weighted by molar-refractivity contribution is 0.508. The van der Waals surface area contributed by atoms with E-state index >= 15 is 0 Å². The molecule has 0 aliphatic rings. The van der Waals surface area contributed by atoms with E-state index in [1.54, 1.807) is 13.1 Å². The Hall–Kier alpha value is -2.05. The van der Waals surface area contributed by atoms with E-state index < -0.39 is 9.84 Å². The molecule has 0 spiro atoms. The Morgan fingerprint density at radius 2 is 1.75 bits per heavy atom. The maximum atomic E-state index is 11.7. The van der Waals surface area contributed by atoms with Gasteiger partial charge < -0.3 is 10.6 Å². The van der Waals surface area contributed by atoms with Crippen molar-refractivity contribution in [2.45, 2.75) is 37.6 Å². The molecule has 0 aliphatic carbocycles. The Labute approximate surface area is 173 Å². The van der Waals surface area contributed by atoms with Gasteiger partial charge in [-0.3, -0.25) is 4.99 Å². The van der Waals surface area contributed by atoms with Gasteiger partial charge in [-0.1, -0.05) is 49.7 Å². The molecule has 0 unspecified atom stereocenters. The lowest BCUT2D eigenvalue weighted by atomic mass is 9.85. The summed E-state index contributed by atoms with van der Waals surface area (Å²) in [4.78, 5) is 4.63. The average molecular weight is 422 g/mol. The van der Waals surface area contributed by atoms with E-state index in [1.807, 2.05) is 43.3 Å². The predicted molar refractivity (Wildman–Crippen MR) is 117 cm³/mol. The first-order valence-electron chi connectivity index (χ1n) is 9.03. The minimum absolute atomic E-state index is 0.101. The summed E-state index contributed by atoms with van der Waals surface area (Å²) < 4.78 is 23.5. The number of aryl methyl sites for hydroxylation is 1. The zero-order valence-electron chi connectivity index (χ0n) is 17.0. The number of rotatable bonds is 6. The van der Waals surface area contributed by atoms with Crippen molar-refractivity contribution in [1.82, 2.24) is 10.6 Å². The third-order valence-electron chi connectivity index (χ3n) is 4.65. The number of benzene rings is 2. The van der Waals surface area contributed by atoms with Crippen LogP contribution in [0.5, 0.6) is 0 Å². The Morgan fingerprint density at radius 1 is 1.11 bits per heavy atom. The largest absolute Gasteiger partial charge is 0.356 e. The van der Waals surface area contributed by atoms with Crippen LogP contribution in [0.1, 0.15) is 30.5 Å². The second-order valence-electron chi connectivity index (χ2n) is 7.54. The SMILES string of the molecule is CN=C(NCc1ccc(S(C)(=O)=O)c(C)c1)NCC(C)(C)c1ccc(Cl)cc1. The molecule has 152 valence electrons. The van der Waals surface area contributed by atoms with Crippen LogP contribution in [-0.2, 0) is 21.8 Å². The number of aliphatic imine (C=N–C) groups is 1. The molecule has 0 bridgehead atoms. The van der Waals surface area contributed by atoms with Gasteiger partial charge in [0.2, 0.25) is 0 Å². The molecule has 5 nitrogen and oxygen atoms in total. The van der Waals surface area contributed by atoms with E-state index in [0.717, 1.165) is 16.1 Å². The fourth-order valence-corrected chi connectivity index (χ4v) is 4.04. The number of nitrogens with zero attached hydrogens (tertiary/aromatic N) is 1. The third kappa shape index (κ3) is 5.97. The second kappa shape index (κ2) is 8.97. The summed E-state index contributed by atoms with van der Waals surface area (Å²) in [5.74, 6) is 0.687. The lowest BCUT2D eigenvalue weighted by Gasteiger charge is -2.27. The molecule has 0 radical (unpaired) electrons. The summed E-state index contributed by atoms with van der Waals surface area (Å²) in [5, 5.41) is 7.35. The molecule has 2 aromatic carbocycles. The molecule has 0 fully saturated rings. The van der Waals surface area contributed by atoms with Crippen molar-refractivity contribution < 1.29 is 8.42 Å². The smallest absolute Gasteiger partial charge is 0.191 e. The van der Waals surface area contributed by atoms with Crippen molar-refractivity contribution in [3.63, 3.8) is 0 Å². The normalized spacial score (nSPS) is 12.7. The molecule has 7 heteroatoms. The van der Waals surface area contributed by atoms with Crippen molar-refractivity contribution >= 4 is 27.4 Å². The molecule has 0 saturated heterocycles. The van der Waals surface area contributed by atoms with Gasteiger partial charge in [0.15, 0.2) is 15.8 Å². The van der Waals surface area contributed by atoms with Crippen LogP contribution in [0.15, 0.2) is 52.4 Å². The minimum atomic E-state index is -3.21. The number of guanidine groups is 1. The molecular weight excluding hydrogens is 394 g/mol. The molecule has 0 aliphatic heterocycles. The zero-order valence-corrected chi connectivity index (χ0v) is 18.6. The van der Waals surface area contributed by atoms with E-state index in [-0.39, 0.29) is 5.41 Å². The van der Waals surface area contributed by atoms with E-state index in [9.17, 15) is 8.42 Å². The molecule has 0 heterocycles. The highest BCUT2D eigenvalue weighted by atomic mass is 35.5. The second-order valence-corrected chi connectivity index (χ2v) is 9.96. The van der Waals surface area contributed by atoms with Crippen molar-refractivity contribution in [3.8, 4) is 0 Å². The first kappa shape index (κ1) is 22.2. The average Bonchev–Trinajstić information content (AvgIpc) is 2.61. The zero-order chi connectivity index (χ0) is 20.9. The third-order valence-corrected chi connectivity index (χ3v) is 6.15. The van der Waals surface area contributed by atoms with Crippen molar-refractivity contribution in [2.75, 3.05) is 19.8 Å². The van der Waals surface area contributed by atoms with Gasteiger partial charge >= 0.3 is 0 Å². The molecule has 2 N–H and O–H groups in total. The molecule has 2 rings (SSSR count). The highest BCUT2D eigenvalue weighted by molar-refractivity contribution is 7.90. The fraction of sp³-hybridized carbons (Fsp3) is 0.381. The summed E-state index contributed by atoms with van der Waals surface area (Å²) >= 11 is 5.98. The van der Waals surface area contributed by atoms with E-state index in [4.69, 9.17) is 11.6 Å². The van der Waals surface area contributed by atoms with Gasteiger partial charge in [-0.2, -0.15) is 0 Å². The summed E-state index contributed by atoms with van der Waals surface area (Å²) in [6.07, 6.45) is 1.22. The summed E-state index contributed by atoms with van der Waals surface area (Å²) in [6, 6.07) is 13.2. The van der Waals surface area contributed by atoms with Crippen LogP contribution in [0.3, 0.4) is 0 Å². The molecular formula is C21H28ClN3O2S. The Bertz CT molecular complexity index is 952. The number of sulfone groups is 1. The minimum Gasteiger partial charge on any atom is -0.356 e. The van der Waals surface area contributed by atoms with Gasteiger partial charge in [-0.05, 0) is 41.8 Å². The van der Waals surface area contributed by atoms with Crippen LogP contribution in [0, 0.1) is 6.92 Å². The van der Waals surface area contributed by atoms with Crippen molar-refractivity contribution in [3.05, 3.63) is 64.2 Å². The van der Waals surface area contributed by atoms with Gasteiger partial charge in [0.25, 0.3) is 0 Å². The Kier molecular flexibility index (Phi) is 7.12. The van der Waals surface area contributed by atoms with Crippen molar-refractivity contribution in [1.29, 1.82) is 0 Å². The molecule has 0 aromatic heterocycles. The van der Waals surface area contributed by atoms with Crippen LogP contribution in [0.25, 0.3) is 0 Å². The Morgan fingerprint density at radius 3 is 2.29 bits per heavy atom. The van der Waals surface area contributed by atoms with Crippen LogP contribution >= 0.6 is 11.6 Å². The molecule has 28 heavy (non-hydrogen) atoms. The Balaban J connectivity index is 1.98. The van der Waals surface area contributed by atoms with Gasteiger partial charge in [-0.25, -0.2) is 8.42 Å². The quantitative estimate of drug-likeness (QED) is 0.551. The van der Waals surface area contributed by atoms with Crippen molar-refractivity contribution in [2.24, 2.45) is 4.99 Å². The van der Waals surface area contributed by atoms with Gasteiger partial charge in [-0.15, -0.1) is 0 Å². The standard InChI is InChI=1S/C21H28ClN3O2S/c1-15-12-16(6-11-19(15)28(5,26)27)13-24-20(23-4)25-14-21(2,3)17-7-9-18(22)10-8-17/h6-12H,13-14H2,1-5H3,(H2,23,24,25). The first-order valence-corrected chi connectivity index (χ1v) is 11.3. The highest BCUT2D eigenvalue weighted by Gasteiger charge is 2.21. The summed E-state index contributed by atoms with van der Waals surface area (Å²) in [5.41, 5.74) is 2.82. The molecule has 0 saturated carbocycles. The van der Waals surface area contributed by atoms with Gasteiger partial charge in [0.1, 0.15) is 0 Å². The summed E-state index contributed by atoms with van der Waals surface area (Å²) in [7, 11) is -1.48. The fourth-order valence-electron chi connectivity index (χ4n) is 2.95. The summed E-state index contributed by atoms with van der Waals surface area (Å²) in [6.45, 7) is 7.36. The number of hydrogen-bond acceptors (Lipinski definition) is 3. The van der Waals surface area contributed by atoms with Crippen LogP contribution in [0.2, 0.25) is 5.02 Å². The first-order chi connectivity index (χ1) is 13.0. The topological polar surface area (TPSA) is 70.6 Å². The van der Waals surface area contributed by atoms with Crippen LogP contribution in [-0.4, -0.2) is 34.2 Å². The number of nitrogens with one attached hydrogen (secondary N) is 2. The van der Waals surface area contributed by atoms with E-state index in [0.29, 0.717) is 23.9 Å². The van der Waals surface area contributed by atoms with E-state index in [1.165, 1.54) is 11.8 Å². The lowest BCUT2D eigenvalue weighted by Crippen LogP contribution is -2.43. The monoisotopic (exact) mass is 421 g/mol. The van der Waals surface area contributed by atoms with Crippen LogP contribution in [0.4, 0.5) is 0 Å². The maximum Gasteiger partial charge on any atom is 0.191 e. The highest BCUT2D eigenvalue weighted by Crippen LogP contribution is 2.23. The van der Waals surface area contributed by atoms with Gasteiger partial charge in [0.05, 0.1) is 4.90 Å². The molecule has 2 aromatic rings. The van der Waals surface area contributed by atoms with Crippen LogP contribution < -0.4 is 10.6 Å².